The predicted octanol–water partition coefficient (Wildman–Crippen LogP) is 5.90. The fourth-order valence-corrected chi connectivity index (χ4v) is 3.04. The van der Waals surface area contributed by atoms with Crippen molar-refractivity contribution in [2.75, 3.05) is 14.2 Å². The van der Waals surface area contributed by atoms with Gasteiger partial charge in [-0.05, 0) is 54.1 Å². The summed E-state index contributed by atoms with van der Waals surface area (Å²) in [7, 11) is 3.20. The highest BCUT2D eigenvalue weighted by Gasteiger charge is 2.14. The third-order valence-electron chi connectivity index (χ3n) is 4.65. The standard InChI is InChI=1S/C24H18F2N2O3/c1-29-17-7-3-15(4-8-17)20-14-23(31-19-11-12-21(25)22(26)13-19)27-28-24(20)16-5-9-18(30-2)10-6-16/h3-14H,1-2H3. The van der Waals surface area contributed by atoms with Crippen molar-refractivity contribution in [1.29, 1.82) is 0 Å². The van der Waals surface area contributed by atoms with Crippen molar-refractivity contribution in [3.63, 3.8) is 0 Å². The maximum Gasteiger partial charge on any atom is 0.239 e. The van der Waals surface area contributed by atoms with Crippen molar-refractivity contribution in [2.45, 2.75) is 0 Å². The van der Waals surface area contributed by atoms with E-state index >= 15 is 0 Å². The van der Waals surface area contributed by atoms with E-state index in [1.807, 2.05) is 48.5 Å². The Morgan fingerprint density at radius 2 is 1.19 bits per heavy atom. The molecule has 0 aliphatic rings. The molecule has 0 saturated carbocycles. The molecule has 0 aliphatic carbocycles. The van der Waals surface area contributed by atoms with Crippen molar-refractivity contribution in [3.05, 3.63) is 84.4 Å². The van der Waals surface area contributed by atoms with Gasteiger partial charge in [-0.3, -0.25) is 0 Å². The second-order valence-corrected chi connectivity index (χ2v) is 6.58. The van der Waals surface area contributed by atoms with Gasteiger partial charge in [0.05, 0.1) is 14.2 Å². The number of methoxy groups -OCH3 is 2. The Morgan fingerprint density at radius 3 is 1.77 bits per heavy atom. The van der Waals surface area contributed by atoms with Gasteiger partial charge < -0.3 is 14.2 Å². The maximum absolute atomic E-state index is 13.5. The van der Waals surface area contributed by atoms with Crippen molar-refractivity contribution < 1.29 is 23.0 Å². The van der Waals surface area contributed by atoms with E-state index in [-0.39, 0.29) is 11.6 Å². The summed E-state index contributed by atoms with van der Waals surface area (Å²) in [5, 5.41) is 8.47. The van der Waals surface area contributed by atoms with Crippen LogP contribution in [0.3, 0.4) is 0 Å². The van der Waals surface area contributed by atoms with Crippen molar-refractivity contribution >= 4 is 0 Å². The van der Waals surface area contributed by atoms with E-state index in [4.69, 9.17) is 14.2 Å². The minimum absolute atomic E-state index is 0.117. The minimum Gasteiger partial charge on any atom is -0.497 e. The van der Waals surface area contributed by atoms with Crippen molar-refractivity contribution in [2.24, 2.45) is 0 Å². The highest BCUT2D eigenvalue weighted by Crippen LogP contribution is 2.34. The number of hydrogen-bond donors (Lipinski definition) is 0. The molecule has 3 aromatic carbocycles. The average Bonchev–Trinajstić information content (AvgIpc) is 2.81. The van der Waals surface area contributed by atoms with Crippen molar-refractivity contribution in [1.82, 2.24) is 10.2 Å². The number of ether oxygens (including phenoxy) is 3. The van der Waals surface area contributed by atoms with E-state index in [0.717, 1.165) is 40.3 Å². The number of benzene rings is 3. The van der Waals surface area contributed by atoms with Crippen LogP contribution >= 0.6 is 0 Å². The van der Waals surface area contributed by atoms with Crippen LogP contribution in [0, 0.1) is 11.6 Å². The second kappa shape index (κ2) is 8.79. The summed E-state index contributed by atoms with van der Waals surface area (Å²) in [6.07, 6.45) is 0. The first-order chi connectivity index (χ1) is 15.1. The molecule has 156 valence electrons. The summed E-state index contributed by atoms with van der Waals surface area (Å²) in [4.78, 5) is 0. The molecule has 0 N–H and O–H groups in total. The van der Waals surface area contributed by atoms with Crippen LogP contribution in [0.1, 0.15) is 0 Å². The number of nitrogens with zero attached hydrogens (tertiary/aromatic N) is 2. The van der Waals surface area contributed by atoms with Crippen LogP contribution < -0.4 is 14.2 Å². The Labute approximate surface area is 177 Å². The Balaban J connectivity index is 1.77. The van der Waals surface area contributed by atoms with Gasteiger partial charge in [0.25, 0.3) is 0 Å². The maximum atomic E-state index is 13.5. The van der Waals surface area contributed by atoms with E-state index in [9.17, 15) is 8.78 Å². The molecule has 4 rings (SSSR count). The van der Waals surface area contributed by atoms with Crippen LogP contribution in [-0.2, 0) is 0 Å². The normalized spacial score (nSPS) is 10.6. The van der Waals surface area contributed by atoms with Crippen LogP contribution in [0.25, 0.3) is 22.4 Å². The molecule has 7 heteroatoms. The van der Waals surface area contributed by atoms with E-state index in [1.165, 1.54) is 6.07 Å². The molecular weight excluding hydrogens is 402 g/mol. The zero-order chi connectivity index (χ0) is 21.8. The Hall–Kier alpha value is -4.00. The van der Waals surface area contributed by atoms with Gasteiger partial charge in [-0.15, -0.1) is 10.2 Å². The predicted molar refractivity (Wildman–Crippen MR) is 112 cm³/mol. The molecule has 0 spiro atoms. The number of rotatable bonds is 6. The van der Waals surface area contributed by atoms with E-state index < -0.39 is 11.6 Å². The second-order valence-electron chi connectivity index (χ2n) is 6.58. The lowest BCUT2D eigenvalue weighted by molar-refractivity contribution is 0.414. The quantitative estimate of drug-likeness (QED) is 0.389. The molecule has 4 aromatic rings. The first-order valence-corrected chi connectivity index (χ1v) is 9.37. The van der Waals surface area contributed by atoms with Gasteiger partial charge in [0.1, 0.15) is 22.9 Å². The molecule has 0 aliphatic heterocycles. The van der Waals surface area contributed by atoms with Gasteiger partial charge in [0, 0.05) is 23.3 Å². The monoisotopic (exact) mass is 420 g/mol. The molecule has 1 aromatic heterocycles. The minimum atomic E-state index is -1.00. The number of aromatic nitrogens is 2. The fraction of sp³-hybridized carbons (Fsp3) is 0.0833. The van der Waals surface area contributed by atoms with Crippen LogP contribution in [0.2, 0.25) is 0 Å². The van der Waals surface area contributed by atoms with Gasteiger partial charge in [0.2, 0.25) is 5.88 Å². The zero-order valence-electron chi connectivity index (χ0n) is 16.8. The third-order valence-corrected chi connectivity index (χ3v) is 4.65. The lowest BCUT2D eigenvalue weighted by Crippen LogP contribution is -1.97. The van der Waals surface area contributed by atoms with Crippen molar-refractivity contribution in [3.8, 4) is 45.5 Å². The van der Waals surface area contributed by atoms with Crippen LogP contribution in [0.5, 0.6) is 23.1 Å². The van der Waals surface area contributed by atoms with E-state index in [1.54, 1.807) is 20.3 Å². The van der Waals surface area contributed by atoms with Gasteiger partial charge in [0.15, 0.2) is 11.6 Å². The lowest BCUT2D eigenvalue weighted by atomic mass is 10.00. The Kier molecular flexibility index (Phi) is 5.75. The van der Waals surface area contributed by atoms with Gasteiger partial charge in [-0.25, -0.2) is 8.78 Å². The van der Waals surface area contributed by atoms with Crippen LogP contribution in [0.15, 0.2) is 72.8 Å². The summed E-state index contributed by atoms with van der Waals surface area (Å²) in [5.41, 5.74) is 3.07. The summed E-state index contributed by atoms with van der Waals surface area (Å²) in [6, 6.07) is 19.9. The summed E-state index contributed by atoms with van der Waals surface area (Å²) >= 11 is 0. The summed E-state index contributed by atoms with van der Waals surface area (Å²) in [5.74, 6) is -0.251. The summed E-state index contributed by atoms with van der Waals surface area (Å²) < 4.78 is 42.8. The molecule has 5 nitrogen and oxygen atoms in total. The summed E-state index contributed by atoms with van der Waals surface area (Å²) in [6.45, 7) is 0. The molecule has 0 fully saturated rings. The fourth-order valence-electron chi connectivity index (χ4n) is 3.04. The smallest absolute Gasteiger partial charge is 0.239 e. The third kappa shape index (κ3) is 4.45. The largest absolute Gasteiger partial charge is 0.497 e. The van der Waals surface area contributed by atoms with Gasteiger partial charge in [-0.1, -0.05) is 12.1 Å². The topological polar surface area (TPSA) is 53.5 Å². The Bertz CT molecular complexity index is 1200. The van der Waals surface area contributed by atoms with Gasteiger partial charge >= 0.3 is 0 Å². The van der Waals surface area contributed by atoms with E-state index in [2.05, 4.69) is 10.2 Å². The van der Waals surface area contributed by atoms with Gasteiger partial charge in [-0.2, -0.15) is 0 Å². The molecule has 0 atom stereocenters. The first kappa shape index (κ1) is 20.3. The molecule has 0 saturated heterocycles. The van der Waals surface area contributed by atoms with Crippen LogP contribution in [-0.4, -0.2) is 24.4 Å². The first-order valence-electron chi connectivity index (χ1n) is 9.37. The molecule has 1 heterocycles. The zero-order valence-corrected chi connectivity index (χ0v) is 16.8. The molecular formula is C24H18F2N2O3. The molecule has 0 unspecified atom stereocenters. The van der Waals surface area contributed by atoms with E-state index in [0.29, 0.717) is 5.69 Å². The molecule has 0 bridgehead atoms. The average molecular weight is 420 g/mol. The number of halogens is 2. The lowest BCUT2D eigenvalue weighted by Gasteiger charge is -2.12. The molecule has 0 amide bonds. The highest BCUT2D eigenvalue weighted by atomic mass is 19.2. The number of hydrogen-bond acceptors (Lipinski definition) is 5. The van der Waals surface area contributed by atoms with Crippen LogP contribution in [0.4, 0.5) is 8.78 Å². The molecule has 31 heavy (non-hydrogen) atoms. The SMILES string of the molecule is COc1ccc(-c2cc(Oc3ccc(F)c(F)c3)nnc2-c2ccc(OC)cc2)cc1. The molecule has 0 radical (unpaired) electrons. The Morgan fingerprint density at radius 1 is 0.613 bits per heavy atom. The highest BCUT2D eigenvalue weighted by molar-refractivity contribution is 5.81.